The molecule has 0 aliphatic carbocycles. The van der Waals surface area contributed by atoms with Crippen molar-refractivity contribution in [2.24, 2.45) is 0 Å². The van der Waals surface area contributed by atoms with Gasteiger partial charge in [0.1, 0.15) is 0 Å². The molecule has 1 unspecified atom stereocenters. The highest BCUT2D eigenvalue weighted by Crippen LogP contribution is 2.36. The number of amides is 1. The number of carbonyl (C=O) groups excluding carboxylic acids is 1. The van der Waals surface area contributed by atoms with Crippen LogP contribution in [-0.2, 0) is 16.4 Å². The van der Waals surface area contributed by atoms with Gasteiger partial charge in [-0.15, -0.1) is 12.4 Å². The largest absolute Gasteiger partial charge is 0.352 e. The van der Waals surface area contributed by atoms with Gasteiger partial charge < -0.3 is 10.6 Å². The summed E-state index contributed by atoms with van der Waals surface area (Å²) in [6.07, 6.45) is 1.49. The van der Waals surface area contributed by atoms with E-state index >= 15 is 0 Å². The third kappa shape index (κ3) is 4.48. The number of fused-ring (bicyclic) bond motifs is 1. The van der Waals surface area contributed by atoms with Crippen molar-refractivity contribution >= 4 is 34.0 Å². The molecule has 1 atom stereocenters. The molecule has 6 nitrogen and oxygen atoms in total. The van der Waals surface area contributed by atoms with Gasteiger partial charge in [-0.05, 0) is 63.2 Å². The molecule has 1 aliphatic rings. The summed E-state index contributed by atoms with van der Waals surface area (Å²) < 4.78 is 28.0. The zero-order chi connectivity index (χ0) is 19.4. The van der Waals surface area contributed by atoms with Crippen LogP contribution in [0.3, 0.4) is 0 Å². The molecule has 0 saturated heterocycles. The van der Waals surface area contributed by atoms with E-state index in [1.807, 2.05) is 38.2 Å². The topological polar surface area (TPSA) is 78.5 Å². The lowest BCUT2D eigenvalue weighted by Gasteiger charge is -2.24. The highest BCUT2D eigenvalue weighted by atomic mass is 35.5. The summed E-state index contributed by atoms with van der Waals surface area (Å²) in [5.74, 6) is -0.266. The molecule has 0 fully saturated rings. The molecule has 2 aromatic carbocycles. The van der Waals surface area contributed by atoms with Crippen molar-refractivity contribution in [2.45, 2.75) is 30.7 Å². The first-order valence-electron chi connectivity index (χ1n) is 9.10. The molecule has 3 rings (SSSR count). The Balaban J connectivity index is 0.00000280. The molecule has 0 aromatic heterocycles. The lowest BCUT2D eigenvalue weighted by atomic mass is 10.1. The Hall–Kier alpha value is -2.09. The molecular formula is C20H26ClN3O3S. The fourth-order valence-electron chi connectivity index (χ4n) is 3.38. The summed E-state index contributed by atoms with van der Waals surface area (Å²) in [4.78, 5) is 12.5. The number of anilines is 1. The summed E-state index contributed by atoms with van der Waals surface area (Å²) in [6, 6.07) is 13.6. The van der Waals surface area contributed by atoms with Crippen LogP contribution in [0, 0.1) is 0 Å². The Morgan fingerprint density at radius 1 is 1.14 bits per heavy atom. The summed E-state index contributed by atoms with van der Waals surface area (Å²) in [5.41, 5.74) is 2.08. The van der Waals surface area contributed by atoms with Gasteiger partial charge in [-0.3, -0.25) is 9.10 Å². The van der Waals surface area contributed by atoms with Crippen molar-refractivity contribution < 1.29 is 13.2 Å². The molecule has 0 bridgehead atoms. The lowest BCUT2D eigenvalue weighted by molar-refractivity contribution is 0.0953. The van der Waals surface area contributed by atoms with Crippen molar-refractivity contribution in [1.82, 2.24) is 10.6 Å². The van der Waals surface area contributed by atoms with Crippen LogP contribution in [-0.4, -0.2) is 40.5 Å². The van der Waals surface area contributed by atoms with Gasteiger partial charge in [-0.25, -0.2) is 8.42 Å². The standard InChI is InChI=1S/C20H25N3O3S.ClH/c1-15-13-16-7-3-4-10-19(16)23(15)27(25,26)18-9-5-8-17(14-18)20(24)22-12-6-11-21-2;/h3-5,7-10,14-15,21H,6,11-13H2,1-2H3,(H,22,24);1H. The molecule has 1 heterocycles. The number of nitrogens with one attached hydrogen (secondary N) is 2. The number of sulfonamides is 1. The normalized spacial score (nSPS) is 15.6. The number of carbonyl (C=O) groups is 1. The molecule has 0 saturated carbocycles. The van der Waals surface area contributed by atoms with E-state index in [1.54, 1.807) is 18.2 Å². The molecule has 2 N–H and O–H groups in total. The second kappa shape index (κ2) is 9.41. The first-order valence-corrected chi connectivity index (χ1v) is 10.5. The summed E-state index contributed by atoms with van der Waals surface area (Å²) in [6.45, 7) is 3.24. The second-order valence-electron chi connectivity index (χ2n) is 6.72. The molecule has 0 spiro atoms. The van der Waals surface area contributed by atoms with E-state index in [0.29, 0.717) is 24.2 Å². The van der Waals surface area contributed by atoms with Crippen molar-refractivity contribution in [3.05, 3.63) is 59.7 Å². The third-order valence-electron chi connectivity index (χ3n) is 4.69. The van der Waals surface area contributed by atoms with Crippen LogP contribution in [0.5, 0.6) is 0 Å². The minimum absolute atomic E-state index is 0. The zero-order valence-electron chi connectivity index (χ0n) is 16.0. The molecule has 8 heteroatoms. The highest BCUT2D eigenvalue weighted by molar-refractivity contribution is 7.92. The Morgan fingerprint density at radius 3 is 2.64 bits per heavy atom. The monoisotopic (exact) mass is 423 g/mol. The van der Waals surface area contributed by atoms with Gasteiger partial charge >= 0.3 is 0 Å². The predicted octanol–water partition coefficient (Wildman–Crippen LogP) is 2.59. The van der Waals surface area contributed by atoms with Crippen molar-refractivity contribution in [1.29, 1.82) is 0 Å². The Kier molecular flexibility index (Phi) is 7.46. The molecule has 1 amide bonds. The third-order valence-corrected chi connectivity index (χ3v) is 6.61. The van der Waals surface area contributed by atoms with E-state index in [1.165, 1.54) is 10.4 Å². The van der Waals surface area contributed by atoms with E-state index in [4.69, 9.17) is 0 Å². The number of benzene rings is 2. The Labute approximate surface area is 172 Å². The summed E-state index contributed by atoms with van der Waals surface area (Å²) >= 11 is 0. The summed E-state index contributed by atoms with van der Waals surface area (Å²) in [7, 11) is -1.89. The summed E-state index contributed by atoms with van der Waals surface area (Å²) in [5, 5.41) is 5.84. The molecule has 1 aliphatic heterocycles. The first kappa shape index (κ1) is 22.2. The van der Waals surface area contributed by atoms with Crippen LogP contribution in [0.25, 0.3) is 0 Å². The maximum Gasteiger partial charge on any atom is 0.264 e. The smallest absolute Gasteiger partial charge is 0.264 e. The minimum atomic E-state index is -3.74. The van der Waals surface area contributed by atoms with Crippen LogP contribution in [0.4, 0.5) is 5.69 Å². The van der Waals surface area contributed by atoms with Crippen LogP contribution < -0.4 is 14.9 Å². The maximum atomic E-state index is 13.3. The molecule has 0 radical (unpaired) electrons. The SMILES string of the molecule is CNCCCNC(=O)c1cccc(S(=O)(=O)N2c3ccccc3CC2C)c1.Cl. The van der Waals surface area contributed by atoms with E-state index in [2.05, 4.69) is 10.6 Å². The quantitative estimate of drug-likeness (QED) is 0.671. The molecule has 28 heavy (non-hydrogen) atoms. The predicted molar refractivity (Wildman–Crippen MR) is 114 cm³/mol. The van der Waals surface area contributed by atoms with E-state index < -0.39 is 10.0 Å². The van der Waals surface area contributed by atoms with Gasteiger partial charge in [0.25, 0.3) is 15.9 Å². The molecule has 152 valence electrons. The average Bonchev–Trinajstić information content (AvgIpc) is 3.01. The number of rotatable bonds is 7. The number of para-hydroxylation sites is 1. The van der Waals surface area contributed by atoms with Crippen LogP contribution in [0.15, 0.2) is 53.4 Å². The van der Waals surface area contributed by atoms with Gasteiger partial charge in [0.05, 0.1) is 10.6 Å². The fraction of sp³-hybridized carbons (Fsp3) is 0.350. The number of nitrogens with zero attached hydrogens (tertiary/aromatic N) is 1. The van der Waals surface area contributed by atoms with E-state index in [9.17, 15) is 13.2 Å². The highest BCUT2D eigenvalue weighted by Gasteiger charge is 2.36. The number of halogens is 1. The van der Waals surface area contributed by atoms with Gasteiger partial charge in [0.2, 0.25) is 0 Å². The van der Waals surface area contributed by atoms with Crippen LogP contribution >= 0.6 is 12.4 Å². The molecule has 2 aromatic rings. The van der Waals surface area contributed by atoms with Crippen molar-refractivity contribution in [3.63, 3.8) is 0 Å². The minimum Gasteiger partial charge on any atom is -0.352 e. The van der Waals surface area contributed by atoms with Crippen LogP contribution in [0.2, 0.25) is 0 Å². The van der Waals surface area contributed by atoms with Crippen molar-refractivity contribution in [3.8, 4) is 0 Å². The van der Waals surface area contributed by atoms with Gasteiger partial charge in [0, 0.05) is 18.2 Å². The maximum absolute atomic E-state index is 13.3. The van der Waals surface area contributed by atoms with Crippen molar-refractivity contribution in [2.75, 3.05) is 24.4 Å². The van der Waals surface area contributed by atoms with Gasteiger partial charge in [-0.2, -0.15) is 0 Å². The molecular weight excluding hydrogens is 398 g/mol. The number of hydrogen-bond acceptors (Lipinski definition) is 4. The Bertz CT molecular complexity index is 934. The average molecular weight is 424 g/mol. The lowest BCUT2D eigenvalue weighted by Crippen LogP contribution is -2.36. The van der Waals surface area contributed by atoms with Crippen LogP contribution in [0.1, 0.15) is 29.3 Å². The Morgan fingerprint density at radius 2 is 1.89 bits per heavy atom. The van der Waals surface area contributed by atoms with E-state index in [-0.39, 0.29) is 29.3 Å². The fourth-order valence-corrected chi connectivity index (χ4v) is 5.12. The second-order valence-corrected chi connectivity index (χ2v) is 8.54. The number of hydrogen-bond donors (Lipinski definition) is 2. The first-order chi connectivity index (χ1) is 12.9. The van der Waals surface area contributed by atoms with Gasteiger partial charge in [-0.1, -0.05) is 24.3 Å². The van der Waals surface area contributed by atoms with E-state index in [0.717, 1.165) is 18.5 Å². The van der Waals surface area contributed by atoms with Gasteiger partial charge in [0.15, 0.2) is 0 Å². The zero-order valence-corrected chi connectivity index (χ0v) is 17.6.